The van der Waals surface area contributed by atoms with Gasteiger partial charge in [-0.15, -0.1) is 0 Å². The number of ether oxygens (including phenoxy) is 3. The van der Waals surface area contributed by atoms with Gasteiger partial charge < -0.3 is 24.8 Å². The summed E-state index contributed by atoms with van der Waals surface area (Å²) in [6, 6.07) is 12.7. The van der Waals surface area contributed by atoms with E-state index in [1.807, 2.05) is 23.1 Å². The Morgan fingerprint density at radius 2 is 1.79 bits per heavy atom. The van der Waals surface area contributed by atoms with Crippen molar-refractivity contribution in [2.24, 2.45) is 5.73 Å². The lowest BCUT2D eigenvalue weighted by atomic mass is 10.0. The first-order chi connectivity index (χ1) is 14.1. The van der Waals surface area contributed by atoms with Gasteiger partial charge in [-0.2, -0.15) is 0 Å². The average molecular weight is 396 g/mol. The minimum absolute atomic E-state index is 0.00504. The van der Waals surface area contributed by atoms with Crippen LogP contribution in [0.1, 0.15) is 41.2 Å². The Morgan fingerprint density at radius 1 is 1.03 bits per heavy atom. The molecule has 2 aromatic carbocycles. The number of likely N-dealkylation sites (tertiary alicyclic amines) is 1. The predicted octanol–water partition coefficient (Wildman–Crippen LogP) is 2.69. The topological polar surface area (TPSA) is 91.1 Å². The predicted molar refractivity (Wildman–Crippen MR) is 106 cm³/mol. The summed E-state index contributed by atoms with van der Waals surface area (Å²) in [7, 11) is 0. The SMILES string of the molecule is NC(=O)COc1ccc(C(=O)N2CCC[C@@H]2c2ccc3c(c2)OCCCO3)cc1. The highest BCUT2D eigenvalue weighted by Crippen LogP contribution is 2.38. The summed E-state index contributed by atoms with van der Waals surface area (Å²) in [6.45, 7) is 1.80. The summed E-state index contributed by atoms with van der Waals surface area (Å²) in [5.41, 5.74) is 6.72. The van der Waals surface area contributed by atoms with Gasteiger partial charge in [-0.05, 0) is 54.8 Å². The Hall–Kier alpha value is -3.22. The molecular weight excluding hydrogens is 372 g/mol. The molecule has 7 nitrogen and oxygen atoms in total. The van der Waals surface area contributed by atoms with E-state index in [4.69, 9.17) is 19.9 Å². The number of nitrogens with zero attached hydrogens (tertiary/aromatic N) is 1. The molecule has 0 bridgehead atoms. The maximum Gasteiger partial charge on any atom is 0.255 e. The molecule has 2 aliphatic rings. The highest BCUT2D eigenvalue weighted by molar-refractivity contribution is 5.94. The summed E-state index contributed by atoms with van der Waals surface area (Å²) in [4.78, 5) is 25.8. The van der Waals surface area contributed by atoms with Gasteiger partial charge >= 0.3 is 0 Å². The first-order valence-electron chi connectivity index (χ1n) is 9.83. The maximum atomic E-state index is 13.1. The third-order valence-corrected chi connectivity index (χ3v) is 5.15. The molecule has 1 saturated heterocycles. The first kappa shape index (κ1) is 19.1. The first-order valence-corrected chi connectivity index (χ1v) is 9.83. The number of hydrogen-bond acceptors (Lipinski definition) is 5. The molecule has 0 saturated carbocycles. The molecule has 2 amide bonds. The Bertz CT molecular complexity index is 897. The largest absolute Gasteiger partial charge is 0.490 e. The van der Waals surface area contributed by atoms with Crippen molar-refractivity contribution in [2.45, 2.75) is 25.3 Å². The lowest BCUT2D eigenvalue weighted by Crippen LogP contribution is -2.30. The molecule has 0 spiro atoms. The summed E-state index contributed by atoms with van der Waals surface area (Å²) >= 11 is 0. The Kier molecular flexibility index (Phi) is 5.55. The second kappa shape index (κ2) is 8.43. The summed E-state index contributed by atoms with van der Waals surface area (Å²) in [5.74, 6) is 1.44. The molecule has 0 aliphatic carbocycles. The number of amides is 2. The van der Waals surface area contributed by atoms with Crippen molar-refractivity contribution in [2.75, 3.05) is 26.4 Å². The summed E-state index contributed by atoms with van der Waals surface area (Å²) < 4.78 is 16.8. The molecule has 2 aliphatic heterocycles. The lowest BCUT2D eigenvalue weighted by molar-refractivity contribution is -0.119. The zero-order valence-corrected chi connectivity index (χ0v) is 16.1. The molecule has 1 fully saturated rings. The van der Waals surface area contributed by atoms with Gasteiger partial charge in [-0.3, -0.25) is 9.59 Å². The third kappa shape index (κ3) is 4.29. The fourth-order valence-electron chi connectivity index (χ4n) is 3.76. The van der Waals surface area contributed by atoms with E-state index in [-0.39, 0.29) is 18.6 Å². The van der Waals surface area contributed by atoms with E-state index in [1.165, 1.54) is 0 Å². The molecule has 29 heavy (non-hydrogen) atoms. The summed E-state index contributed by atoms with van der Waals surface area (Å²) in [6.07, 6.45) is 2.72. The van der Waals surface area contributed by atoms with Crippen LogP contribution in [-0.4, -0.2) is 43.1 Å². The molecule has 4 rings (SSSR count). The van der Waals surface area contributed by atoms with Gasteiger partial charge in [-0.25, -0.2) is 0 Å². The molecule has 2 aromatic rings. The number of carbonyl (C=O) groups is 2. The van der Waals surface area contributed by atoms with Gasteiger partial charge in [0, 0.05) is 18.5 Å². The van der Waals surface area contributed by atoms with E-state index in [1.54, 1.807) is 24.3 Å². The molecular formula is C22H24N2O5. The second-order valence-corrected chi connectivity index (χ2v) is 7.19. The Labute approximate surface area is 169 Å². The number of carbonyl (C=O) groups excluding carboxylic acids is 2. The van der Waals surface area contributed by atoms with E-state index in [2.05, 4.69) is 0 Å². The van der Waals surface area contributed by atoms with Crippen LogP contribution in [0.2, 0.25) is 0 Å². The fourth-order valence-corrected chi connectivity index (χ4v) is 3.76. The van der Waals surface area contributed by atoms with Crippen LogP contribution in [0.15, 0.2) is 42.5 Å². The minimum atomic E-state index is -0.541. The van der Waals surface area contributed by atoms with Crippen LogP contribution in [-0.2, 0) is 4.79 Å². The number of benzene rings is 2. The van der Waals surface area contributed by atoms with Crippen molar-refractivity contribution in [1.82, 2.24) is 4.90 Å². The van der Waals surface area contributed by atoms with Crippen molar-refractivity contribution >= 4 is 11.8 Å². The van der Waals surface area contributed by atoms with Crippen molar-refractivity contribution in [3.8, 4) is 17.2 Å². The molecule has 0 aromatic heterocycles. The molecule has 0 radical (unpaired) electrons. The van der Waals surface area contributed by atoms with Crippen molar-refractivity contribution in [1.29, 1.82) is 0 Å². The Morgan fingerprint density at radius 3 is 2.55 bits per heavy atom. The van der Waals surface area contributed by atoms with E-state index in [9.17, 15) is 9.59 Å². The van der Waals surface area contributed by atoms with E-state index in [0.29, 0.717) is 31.1 Å². The molecule has 7 heteroatoms. The van der Waals surface area contributed by atoms with Gasteiger partial charge in [0.25, 0.3) is 11.8 Å². The van der Waals surface area contributed by atoms with Gasteiger partial charge in [-0.1, -0.05) is 6.07 Å². The lowest BCUT2D eigenvalue weighted by Gasteiger charge is -2.26. The summed E-state index contributed by atoms with van der Waals surface area (Å²) in [5, 5.41) is 0. The smallest absolute Gasteiger partial charge is 0.255 e. The van der Waals surface area contributed by atoms with Gasteiger partial charge in [0.2, 0.25) is 0 Å². The Balaban J connectivity index is 1.50. The number of primary amides is 1. The van der Waals surface area contributed by atoms with Crippen LogP contribution in [0.3, 0.4) is 0 Å². The van der Waals surface area contributed by atoms with Crippen LogP contribution >= 0.6 is 0 Å². The number of rotatable bonds is 5. The third-order valence-electron chi connectivity index (χ3n) is 5.15. The fraction of sp³-hybridized carbons (Fsp3) is 0.364. The maximum absolute atomic E-state index is 13.1. The van der Waals surface area contributed by atoms with E-state index < -0.39 is 5.91 Å². The van der Waals surface area contributed by atoms with Crippen LogP contribution in [0.5, 0.6) is 17.2 Å². The van der Waals surface area contributed by atoms with E-state index >= 15 is 0 Å². The van der Waals surface area contributed by atoms with Crippen molar-refractivity contribution in [3.05, 3.63) is 53.6 Å². The normalized spacial score (nSPS) is 18.2. The van der Waals surface area contributed by atoms with Crippen LogP contribution in [0, 0.1) is 0 Å². The molecule has 2 N–H and O–H groups in total. The van der Waals surface area contributed by atoms with Gasteiger partial charge in [0.15, 0.2) is 18.1 Å². The number of fused-ring (bicyclic) bond motifs is 1. The highest BCUT2D eigenvalue weighted by atomic mass is 16.5. The van der Waals surface area contributed by atoms with Crippen LogP contribution in [0.25, 0.3) is 0 Å². The molecule has 0 unspecified atom stereocenters. The number of nitrogens with two attached hydrogens (primary N) is 1. The molecule has 1 atom stereocenters. The quantitative estimate of drug-likeness (QED) is 0.839. The average Bonchev–Trinajstić information content (AvgIpc) is 3.10. The van der Waals surface area contributed by atoms with Gasteiger partial charge in [0.1, 0.15) is 5.75 Å². The van der Waals surface area contributed by atoms with Crippen LogP contribution < -0.4 is 19.9 Å². The number of hydrogen-bond donors (Lipinski definition) is 1. The standard InChI is InChI=1S/C22H24N2O5/c23-21(25)14-29-17-7-4-15(5-8-17)22(26)24-10-1-3-18(24)16-6-9-19-20(13-16)28-12-2-11-27-19/h4-9,13,18H,1-3,10-12,14H2,(H2,23,25)/t18-/m1/s1. The van der Waals surface area contributed by atoms with Crippen molar-refractivity contribution in [3.63, 3.8) is 0 Å². The second-order valence-electron chi connectivity index (χ2n) is 7.19. The zero-order valence-electron chi connectivity index (χ0n) is 16.1. The monoisotopic (exact) mass is 396 g/mol. The molecule has 152 valence electrons. The van der Waals surface area contributed by atoms with E-state index in [0.717, 1.165) is 36.3 Å². The van der Waals surface area contributed by atoms with Crippen LogP contribution in [0.4, 0.5) is 0 Å². The minimum Gasteiger partial charge on any atom is -0.490 e. The van der Waals surface area contributed by atoms with Gasteiger partial charge in [0.05, 0.1) is 19.3 Å². The van der Waals surface area contributed by atoms with Crippen molar-refractivity contribution < 1.29 is 23.8 Å². The molecule has 2 heterocycles. The zero-order chi connectivity index (χ0) is 20.2. The highest BCUT2D eigenvalue weighted by Gasteiger charge is 2.31.